The molecule has 0 aliphatic carbocycles. The molecule has 2 radical (unpaired) electrons. The van der Waals surface area contributed by atoms with Crippen molar-refractivity contribution < 1.29 is 20.8 Å². The van der Waals surface area contributed by atoms with Gasteiger partial charge in [-0.15, -0.1) is 56.9 Å². The van der Waals surface area contributed by atoms with E-state index in [-0.39, 0.29) is 21.7 Å². The van der Waals surface area contributed by atoms with Gasteiger partial charge < -0.3 is 0 Å². The number of rotatable bonds is 2. The molecule has 0 saturated carbocycles. The quantitative estimate of drug-likeness (QED) is 0.120. The molecule has 0 unspecified atom stereocenters. The second kappa shape index (κ2) is 19.2. The van der Waals surface area contributed by atoms with E-state index in [9.17, 15) is 0 Å². The first-order valence-corrected chi connectivity index (χ1v) is 28.3. The molecule has 0 atom stereocenters. The number of benzene rings is 4. The first-order valence-electron chi connectivity index (χ1n) is 20.0. The maximum absolute atomic E-state index is 4.93. The molecule has 0 nitrogen and oxygen atoms in total. The minimum atomic E-state index is -0.826. The molecule has 0 aliphatic heterocycles. The van der Waals surface area contributed by atoms with Crippen LogP contribution in [-0.2, 0) is 42.5 Å². The van der Waals surface area contributed by atoms with Crippen LogP contribution in [0.3, 0.4) is 0 Å². The summed E-state index contributed by atoms with van der Waals surface area (Å²) in [6, 6.07) is 32.9. The zero-order valence-electron chi connectivity index (χ0n) is 37.8. The monoisotopic (exact) mass is 880 g/mol. The van der Waals surface area contributed by atoms with Crippen molar-refractivity contribution in [3.63, 3.8) is 0 Å². The van der Waals surface area contributed by atoms with Crippen LogP contribution in [0, 0.1) is 27.7 Å². The molecule has 298 valence electrons. The van der Waals surface area contributed by atoms with Gasteiger partial charge in [0.2, 0.25) is 0 Å². The molecule has 4 heteroatoms. The predicted octanol–water partition coefficient (Wildman–Crippen LogP) is 17.0. The second-order valence-corrected chi connectivity index (χ2v) is 24.6. The van der Waals surface area contributed by atoms with E-state index in [4.69, 9.17) is 17.0 Å². The van der Waals surface area contributed by atoms with E-state index in [1.165, 1.54) is 88.3 Å². The van der Waals surface area contributed by atoms with Crippen molar-refractivity contribution in [1.29, 1.82) is 0 Å². The predicted molar refractivity (Wildman–Crippen MR) is 253 cm³/mol. The molecule has 6 aromatic carbocycles. The minimum absolute atomic E-state index is 0.140. The average Bonchev–Trinajstić information content (AvgIpc) is 3.63. The van der Waals surface area contributed by atoms with Crippen molar-refractivity contribution >= 4 is 48.1 Å². The molecule has 0 heterocycles. The van der Waals surface area contributed by atoms with Crippen molar-refractivity contribution in [2.45, 2.75) is 146 Å². The van der Waals surface area contributed by atoms with Crippen LogP contribution in [0.15, 0.2) is 84.9 Å². The van der Waals surface area contributed by atoms with Crippen LogP contribution in [0.25, 0.3) is 43.8 Å². The first kappa shape index (κ1) is 48.2. The van der Waals surface area contributed by atoms with Crippen molar-refractivity contribution in [3.8, 4) is 22.3 Å². The second-order valence-electron chi connectivity index (χ2n) is 19.9. The molecule has 0 aliphatic rings. The summed E-state index contributed by atoms with van der Waals surface area (Å²) in [5, 5.41) is 5.44. The summed E-state index contributed by atoms with van der Waals surface area (Å²) >= 11 is -0.826. The van der Waals surface area contributed by atoms with Crippen molar-refractivity contribution in [2.75, 3.05) is 0 Å². The van der Waals surface area contributed by atoms with E-state index in [0.717, 1.165) is 9.52 Å². The van der Waals surface area contributed by atoms with Gasteiger partial charge in [-0.25, -0.2) is 0 Å². The van der Waals surface area contributed by atoms with Crippen molar-refractivity contribution in [2.24, 2.45) is 0 Å². The number of hydrogen-bond acceptors (Lipinski definition) is 0. The summed E-state index contributed by atoms with van der Waals surface area (Å²) in [4.78, 5) is 0. The molecule has 0 fully saturated rings. The van der Waals surface area contributed by atoms with E-state index in [2.05, 4.69) is 209 Å². The molecule has 0 N–H and O–H groups in total. The van der Waals surface area contributed by atoms with Gasteiger partial charge in [0.05, 0.1) is 0 Å². The van der Waals surface area contributed by atoms with Gasteiger partial charge in [0.15, 0.2) is 0 Å². The molecule has 56 heavy (non-hydrogen) atoms. The van der Waals surface area contributed by atoms with Gasteiger partial charge in [-0.1, -0.05) is 181 Å². The van der Waals surface area contributed by atoms with E-state index in [0.29, 0.717) is 0 Å². The molecular weight excluding hydrogens is 815 g/mol. The van der Waals surface area contributed by atoms with E-state index >= 15 is 0 Å². The Morgan fingerprint density at radius 3 is 0.911 bits per heavy atom. The Morgan fingerprint density at radius 1 is 0.429 bits per heavy atom. The summed E-state index contributed by atoms with van der Waals surface area (Å²) in [6.07, 6.45) is 0. The Labute approximate surface area is 363 Å². The molecule has 0 saturated heterocycles. The molecule has 0 spiro atoms. The van der Waals surface area contributed by atoms with E-state index in [1.807, 2.05) is 0 Å². The topological polar surface area (TPSA) is 0 Å². The Balaban J connectivity index is 0.000000264. The molecule has 6 aromatic rings. The van der Waals surface area contributed by atoms with Crippen molar-refractivity contribution in [3.05, 3.63) is 129 Å². The number of aryl methyl sites for hydroxylation is 4. The Hall–Kier alpha value is -2.22. The Morgan fingerprint density at radius 2 is 0.679 bits per heavy atom. The van der Waals surface area contributed by atoms with E-state index < -0.39 is 20.8 Å². The first-order chi connectivity index (χ1) is 25.7. The van der Waals surface area contributed by atoms with Crippen LogP contribution < -0.4 is 0 Å². The van der Waals surface area contributed by atoms with E-state index in [1.54, 1.807) is 0 Å². The summed E-state index contributed by atoms with van der Waals surface area (Å²) in [7, 11) is 11.0. The fourth-order valence-corrected chi connectivity index (χ4v) is 7.02. The van der Waals surface area contributed by atoms with Crippen LogP contribution in [0.1, 0.15) is 128 Å². The SMILES string of the molecule is C[Si]C.Cc1cc(-c2cc(C(C)(C)C)cc(C(C)(C)C)c2)c2cc(C)[cH-]c2c1.Cc1cc(-c2cc(C(C)(C)C)cc(C(C)(C)C)c2)c2cc(C)[cH-]c2c1.[Cl][Zr+2][Cl]. The van der Waals surface area contributed by atoms with Crippen LogP contribution in [0.2, 0.25) is 13.1 Å². The maximum atomic E-state index is 4.93. The van der Waals surface area contributed by atoms with Crippen LogP contribution in [0.5, 0.6) is 0 Å². The fraction of sp³-hybridized carbons (Fsp3) is 0.423. The zero-order valence-corrected chi connectivity index (χ0v) is 42.8. The molecular formula is C52H68Cl2SiZr. The third-order valence-electron chi connectivity index (χ3n) is 10.2. The Kier molecular flexibility index (Phi) is 16.5. The van der Waals surface area contributed by atoms with Gasteiger partial charge >= 0.3 is 37.9 Å². The standard InChI is InChI=1S/2C25H31.C2H6Si.2ClH.Zr/c2*1-16-9-18-10-17(2)12-23(22(18)11-16)19-13-20(24(3,4)5)15-21(14-19)25(6,7)8;1-3-2;;;/h2*9-15H,1-8H3;1-2H3;2*1H;/q2*-1;;;;+4/p-2. The molecule has 0 aromatic heterocycles. The summed E-state index contributed by atoms with van der Waals surface area (Å²) < 4.78 is 0. The Bertz CT molecular complexity index is 1990. The average molecular weight is 883 g/mol. The van der Waals surface area contributed by atoms with Gasteiger partial charge in [-0.05, 0) is 68.9 Å². The molecule has 0 bridgehead atoms. The van der Waals surface area contributed by atoms with Gasteiger partial charge in [0, 0.05) is 9.52 Å². The van der Waals surface area contributed by atoms with Gasteiger partial charge in [0.25, 0.3) is 0 Å². The molecule has 0 amide bonds. The van der Waals surface area contributed by atoms with Crippen LogP contribution in [-0.4, -0.2) is 9.52 Å². The van der Waals surface area contributed by atoms with Gasteiger partial charge in [0.1, 0.15) is 0 Å². The van der Waals surface area contributed by atoms with Gasteiger partial charge in [-0.2, -0.15) is 12.1 Å². The molecule has 6 rings (SSSR count). The number of halogens is 2. The third kappa shape index (κ3) is 12.9. The van der Waals surface area contributed by atoms with Crippen molar-refractivity contribution in [1.82, 2.24) is 0 Å². The fourth-order valence-electron chi connectivity index (χ4n) is 7.02. The third-order valence-corrected chi connectivity index (χ3v) is 10.2. The number of hydrogen-bond donors (Lipinski definition) is 0. The number of fused-ring (bicyclic) bond motifs is 2. The normalized spacial score (nSPS) is 11.9. The van der Waals surface area contributed by atoms with Gasteiger partial charge in [-0.3, -0.25) is 0 Å². The summed E-state index contributed by atoms with van der Waals surface area (Å²) in [5.74, 6) is 0. The van der Waals surface area contributed by atoms with Crippen LogP contribution >= 0.6 is 17.0 Å². The van der Waals surface area contributed by atoms with Crippen LogP contribution in [0.4, 0.5) is 0 Å². The zero-order chi connectivity index (χ0) is 42.6. The summed E-state index contributed by atoms with van der Waals surface area (Å²) in [6.45, 7) is 40.7. The summed E-state index contributed by atoms with van der Waals surface area (Å²) in [5.41, 5.74) is 16.9.